The first-order valence-corrected chi connectivity index (χ1v) is 8.97. The van der Waals surface area contributed by atoms with E-state index in [0.29, 0.717) is 0 Å². The molecule has 2 aliphatic rings. The summed E-state index contributed by atoms with van der Waals surface area (Å²) in [7, 11) is 0. The van der Waals surface area contributed by atoms with Crippen LogP contribution in [0.5, 0.6) is 0 Å². The Labute approximate surface area is 152 Å². The minimum absolute atomic E-state index is 0.00652. The molecule has 9 heteroatoms. The quantitative estimate of drug-likeness (QED) is 0.674. The van der Waals surface area contributed by atoms with E-state index in [9.17, 15) is 9.59 Å². The van der Waals surface area contributed by atoms with Crippen LogP contribution in [0.4, 0.5) is 0 Å². The average Bonchev–Trinajstić information content (AvgIpc) is 2.65. The highest BCUT2D eigenvalue weighted by molar-refractivity contribution is 5.67. The van der Waals surface area contributed by atoms with Crippen LogP contribution in [0.2, 0.25) is 0 Å². The lowest BCUT2D eigenvalue weighted by molar-refractivity contribution is -0.544. The van der Waals surface area contributed by atoms with Crippen molar-refractivity contribution in [3.8, 4) is 0 Å². The van der Waals surface area contributed by atoms with Gasteiger partial charge in [0, 0.05) is 12.8 Å². The second-order valence-electron chi connectivity index (χ2n) is 7.42. The van der Waals surface area contributed by atoms with E-state index >= 15 is 0 Å². The van der Waals surface area contributed by atoms with Gasteiger partial charge in [-0.1, -0.05) is 19.3 Å². The second kappa shape index (κ2) is 8.62. The highest BCUT2D eigenvalue weighted by atomic mass is 17.3. The van der Waals surface area contributed by atoms with E-state index in [0.717, 1.165) is 32.1 Å². The van der Waals surface area contributed by atoms with Gasteiger partial charge in [-0.2, -0.15) is 14.7 Å². The zero-order valence-electron chi connectivity index (χ0n) is 15.3. The van der Waals surface area contributed by atoms with Crippen LogP contribution < -0.4 is 0 Å². The molecule has 0 radical (unpaired) electrons. The lowest BCUT2D eigenvalue weighted by Crippen LogP contribution is -2.44. The predicted molar refractivity (Wildman–Crippen MR) is 86.7 cm³/mol. The summed E-state index contributed by atoms with van der Waals surface area (Å²) in [5, 5.41) is 17.9. The molecular weight excluding hydrogens is 348 g/mol. The molecule has 2 unspecified atom stereocenters. The molecule has 2 fully saturated rings. The first-order chi connectivity index (χ1) is 12.2. The smallest absolute Gasteiger partial charge is 0.303 e. The average molecular weight is 376 g/mol. The van der Waals surface area contributed by atoms with Crippen molar-refractivity contribution in [2.45, 2.75) is 88.8 Å². The van der Waals surface area contributed by atoms with E-state index in [4.69, 9.17) is 34.5 Å². The Hall–Kier alpha value is -1.26. The van der Waals surface area contributed by atoms with E-state index in [1.165, 1.54) is 6.92 Å². The highest BCUT2D eigenvalue weighted by Gasteiger charge is 2.45. The molecule has 2 rings (SSSR count). The molecule has 1 saturated heterocycles. The number of hydrogen-bond acceptors (Lipinski definition) is 7. The Morgan fingerprint density at radius 3 is 1.88 bits per heavy atom. The van der Waals surface area contributed by atoms with Gasteiger partial charge in [-0.05, 0) is 26.7 Å². The zero-order chi connectivity index (χ0) is 19.3. The molecule has 0 aromatic rings. The lowest BCUT2D eigenvalue weighted by atomic mass is 9.85. The molecule has 1 spiro atoms. The van der Waals surface area contributed by atoms with Crippen molar-refractivity contribution in [2.75, 3.05) is 6.61 Å². The van der Waals surface area contributed by atoms with Gasteiger partial charge in [0.25, 0.3) is 0 Å². The van der Waals surface area contributed by atoms with Crippen molar-refractivity contribution < 1.29 is 44.1 Å². The first kappa shape index (κ1) is 21.0. The SMILES string of the molecule is CC1(CCC(=O)O)OCC2(CCCCC2)OOC(C)(CCC(=O)O)OO1. The maximum absolute atomic E-state index is 10.9. The molecule has 0 bridgehead atoms. The number of carboxylic acids is 2. The molecule has 1 aliphatic heterocycles. The third-order valence-electron chi connectivity index (χ3n) is 4.78. The van der Waals surface area contributed by atoms with Crippen molar-refractivity contribution in [1.82, 2.24) is 0 Å². The molecule has 2 N–H and O–H groups in total. The van der Waals surface area contributed by atoms with Gasteiger partial charge in [0.1, 0.15) is 5.60 Å². The van der Waals surface area contributed by atoms with E-state index < -0.39 is 29.1 Å². The summed E-state index contributed by atoms with van der Waals surface area (Å²) in [6.07, 6.45) is 4.11. The van der Waals surface area contributed by atoms with Crippen molar-refractivity contribution in [2.24, 2.45) is 0 Å². The van der Waals surface area contributed by atoms with Crippen LogP contribution in [-0.4, -0.2) is 45.9 Å². The van der Waals surface area contributed by atoms with E-state index in [2.05, 4.69) is 0 Å². The third kappa shape index (κ3) is 6.17. The molecule has 150 valence electrons. The Balaban J connectivity index is 2.17. The fourth-order valence-corrected chi connectivity index (χ4v) is 2.99. The Kier molecular flexibility index (Phi) is 6.98. The number of carbonyl (C=O) groups is 2. The molecule has 1 heterocycles. The van der Waals surface area contributed by atoms with Gasteiger partial charge in [-0.25, -0.2) is 4.89 Å². The van der Waals surface area contributed by atoms with Gasteiger partial charge >= 0.3 is 11.9 Å². The second-order valence-corrected chi connectivity index (χ2v) is 7.42. The summed E-state index contributed by atoms with van der Waals surface area (Å²) in [5.74, 6) is -4.76. The summed E-state index contributed by atoms with van der Waals surface area (Å²) < 4.78 is 5.88. The molecule has 9 nitrogen and oxygen atoms in total. The summed E-state index contributed by atoms with van der Waals surface area (Å²) in [6.45, 7) is 3.28. The fraction of sp³-hybridized carbons (Fsp3) is 0.882. The van der Waals surface area contributed by atoms with E-state index in [-0.39, 0.29) is 32.3 Å². The number of ether oxygens (including phenoxy) is 1. The number of hydrogen-bond donors (Lipinski definition) is 2. The molecule has 0 aromatic carbocycles. The van der Waals surface area contributed by atoms with Crippen LogP contribution in [-0.2, 0) is 33.9 Å². The fourth-order valence-electron chi connectivity index (χ4n) is 2.99. The normalized spacial score (nSPS) is 32.4. The predicted octanol–water partition coefficient (Wildman–Crippen LogP) is 2.78. The molecule has 26 heavy (non-hydrogen) atoms. The minimum atomic E-state index is -1.46. The van der Waals surface area contributed by atoms with Gasteiger partial charge in [-0.3, -0.25) is 9.59 Å². The maximum atomic E-state index is 10.9. The van der Waals surface area contributed by atoms with Crippen molar-refractivity contribution in [3.05, 3.63) is 0 Å². The van der Waals surface area contributed by atoms with Gasteiger partial charge in [0.15, 0.2) is 5.79 Å². The monoisotopic (exact) mass is 376 g/mol. The summed E-state index contributed by atoms with van der Waals surface area (Å²) >= 11 is 0. The van der Waals surface area contributed by atoms with Gasteiger partial charge in [0.2, 0.25) is 5.79 Å². The molecular formula is C17H28O9. The van der Waals surface area contributed by atoms with Gasteiger partial charge in [-0.15, -0.1) is 0 Å². The van der Waals surface area contributed by atoms with Crippen LogP contribution in [0.15, 0.2) is 0 Å². The molecule has 1 saturated carbocycles. The Morgan fingerprint density at radius 1 is 0.808 bits per heavy atom. The van der Waals surface area contributed by atoms with Crippen LogP contribution in [0.25, 0.3) is 0 Å². The van der Waals surface area contributed by atoms with E-state index in [1.807, 2.05) is 0 Å². The molecule has 1 aliphatic carbocycles. The zero-order valence-corrected chi connectivity index (χ0v) is 15.3. The molecule has 0 aromatic heterocycles. The van der Waals surface area contributed by atoms with Crippen molar-refractivity contribution in [1.29, 1.82) is 0 Å². The number of aliphatic carboxylic acids is 2. The van der Waals surface area contributed by atoms with Crippen molar-refractivity contribution in [3.63, 3.8) is 0 Å². The third-order valence-corrected chi connectivity index (χ3v) is 4.78. The summed E-state index contributed by atoms with van der Waals surface area (Å²) in [5.41, 5.74) is -0.690. The van der Waals surface area contributed by atoms with Crippen LogP contribution in [0.1, 0.15) is 71.6 Å². The standard InChI is InChI=1S/C17H28O9/c1-15(10-6-13(18)19)22-12-17(8-4-3-5-9-17)26-25-16(2,24-23-15)11-7-14(20)21/h3-12H2,1-2H3,(H,18,19)(H,20,21). The van der Waals surface area contributed by atoms with Crippen LogP contribution >= 0.6 is 0 Å². The molecule has 2 atom stereocenters. The van der Waals surface area contributed by atoms with Gasteiger partial charge < -0.3 is 14.9 Å². The number of rotatable bonds is 6. The Morgan fingerprint density at radius 2 is 1.31 bits per heavy atom. The Bertz CT molecular complexity index is 464. The first-order valence-electron chi connectivity index (χ1n) is 8.97. The number of carboxylic acid groups (broad SMARTS) is 2. The van der Waals surface area contributed by atoms with Crippen molar-refractivity contribution >= 4 is 11.9 Å². The molecule has 0 amide bonds. The van der Waals surface area contributed by atoms with Crippen LogP contribution in [0, 0.1) is 0 Å². The largest absolute Gasteiger partial charge is 0.481 e. The maximum Gasteiger partial charge on any atom is 0.303 e. The summed E-state index contributed by atoms with van der Waals surface area (Å²) in [4.78, 5) is 43.8. The van der Waals surface area contributed by atoms with Crippen LogP contribution in [0.3, 0.4) is 0 Å². The lowest BCUT2D eigenvalue weighted by Gasteiger charge is -2.37. The van der Waals surface area contributed by atoms with Gasteiger partial charge in [0.05, 0.1) is 19.4 Å². The highest BCUT2D eigenvalue weighted by Crippen LogP contribution is 2.38. The summed E-state index contributed by atoms with van der Waals surface area (Å²) in [6, 6.07) is 0. The minimum Gasteiger partial charge on any atom is -0.481 e. The van der Waals surface area contributed by atoms with E-state index in [1.54, 1.807) is 6.92 Å². The topological polar surface area (TPSA) is 121 Å².